The average Bonchev–Trinajstić information content (AvgIpc) is 3.19. The van der Waals surface area contributed by atoms with Gasteiger partial charge >= 0.3 is 6.03 Å². The number of carbonyl (C=O) groups is 2. The number of likely N-dealkylation sites (N-methyl/N-ethyl adjacent to an activating group) is 1. The molecule has 2 atom stereocenters. The third kappa shape index (κ3) is 4.96. The minimum atomic E-state index is -1.00. The fraction of sp³-hybridized carbons (Fsp3) is 0.464. The first kappa shape index (κ1) is 23.5. The van der Waals surface area contributed by atoms with Gasteiger partial charge < -0.3 is 20.9 Å². The maximum atomic E-state index is 13.4. The third-order valence-electron chi connectivity index (χ3n) is 7.63. The average molecular weight is 474 g/mol. The second kappa shape index (κ2) is 9.46. The predicted octanol–water partition coefficient (Wildman–Crippen LogP) is 4.26. The van der Waals surface area contributed by atoms with Crippen LogP contribution in [0.2, 0.25) is 0 Å². The summed E-state index contributed by atoms with van der Waals surface area (Å²) < 4.78 is 0. The zero-order chi connectivity index (χ0) is 24.6. The molecule has 3 N–H and O–H groups in total. The van der Waals surface area contributed by atoms with Gasteiger partial charge in [-0.2, -0.15) is 0 Å². The summed E-state index contributed by atoms with van der Waals surface area (Å²) in [5.41, 5.74) is 6.20. The summed E-state index contributed by atoms with van der Waals surface area (Å²) in [7, 11) is 1.75. The number of para-hydroxylation sites is 1. The van der Waals surface area contributed by atoms with Crippen molar-refractivity contribution in [3.63, 3.8) is 0 Å². The number of rotatable bonds is 3. The van der Waals surface area contributed by atoms with Crippen LogP contribution in [0.5, 0.6) is 0 Å². The highest BCUT2D eigenvalue weighted by atomic mass is 16.2. The number of fused-ring (bicyclic) bond motifs is 2. The van der Waals surface area contributed by atoms with E-state index < -0.39 is 12.2 Å². The number of hydrogen-bond acceptors (Lipinski definition) is 4. The van der Waals surface area contributed by atoms with Gasteiger partial charge in [0.05, 0.1) is 11.4 Å². The quantitative estimate of drug-likeness (QED) is 0.623. The summed E-state index contributed by atoms with van der Waals surface area (Å²) >= 11 is 0. The van der Waals surface area contributed by atoms with Gasteiger partial charge in [-0.3, -0.25) is 9.79 Å². The van der Waals surface area contributed by atoms with Crippen molar-refractivity contribution in [2.45, 2.75) is 64.6 Å². The first-order chi connectivity index (χ1) is 16.8. The van der Waals surface area contributed by atoms with Gasteiger partial charge in [0.1, 0.15) is 0 Å². The number of carbonyl (C=O) groups excluding carboxylic acids is 2. The lowest BCUT2D eigenvalue weighted by Gasteiger charge is -2.22. The molecule has 3 amide bonds. The van der Waals surface area contributed by atoms with E-state index in [1.165, 1.54) is 11.1 Å². The van der Waals surface area contributed by atoms with Gasteiger partial charge in [-0.25, -0.2) is 4.79 Å². The molecule has 1 fully saturated rings. The maximum Gasteiger partial charge on any atom is 0.321 e. The first-order valence-corrected chi connectivity index (χ1v) is 12.7. The summed E-state index contributed by atoms with van der Waals surface area (Å²) in [6, 6.07) is 13.5. The van der Waals surface area contributed by atoms with E-state index in [4.69, 9.17) is 4.99 Å². The van der Waals surface area contributed by atoms with Crippen LogP contribution in [-0.4, -0.2) is 43.5 Å². The van der Waals surface area contributed by atoms with Crippen molar-refractivity contribution in [2.75, 3.05) is 23.8 Å². The number of aliphatic imine (C=N–C) groups is 1. The van der Waals surface area contributed by atoms with E-state index in [1.54, 1.807) is 11.9 Å². The Labute approximate surface area is 207 Å². The smallest absolute Gasteiger partial charge is 0.311 e. The Morgan fingerprint density at radius 3 is 2.77 bits per heavy atom. The molecule has 0 radical (unpaired) electrons. The molecule has 3 aliphatic rings. The Bertz CT molecular complexity index is 1170. The SMILES string of the molecule is CN1C(=O)C(NC(=O)Nc2ccc3c(c2)CCC3)N=C(C2CCC(C)(C)CCN2)c2ccccc21. The number of nitrogens with one attached hydrogen (secondary N) is 3. The lowest BCUT2D eigenvalue weighted by Crippen LogP contribution is -2.47. The second-order valence-corrected chi connectivity index (χ2v) is 10.7. The zero-order valence-corrected chi connectivity index (χ0v) is 20.9. The standard InChI is InChI=1S/C28H35N5O2/c1-28(2)14-13-22(29-16-15-28)24-21-9-4-5-10-23(21)33(3)26(34)25(31-24)32-27(35)30-20-12-11-18-7-6-8-19(18)17-20/h4-5,9-12,17,22,25,29H,6-8,13-16H2,1-3H3,(H2,30,32,35). The highest BCUT2D eigenvalue weighted by molar-refractivity contribution is 6.15. The van der Waals surface area contributed by atoms with E-state index in [1.807, 2.05) is 36.4 Å². The topological polar surface area (TPSA) is 85.8 Å². The number of aryl methyl sites for hydroxylation is 2. The largest absolute Gasteiger partial charge is 0.321 e. The highest BCUT2D eigenvalue weighted by Gasteiger charge is 2.34. The van der Waals surface area contributed by atoms with Crippen molar-refractivity contribution >= 4 is 29.0 Å². The molecule has 2 aliphatic heterocycles. The van der Waals surface area contributed by atoms with Crippen molar-refractivity contribution in [3.05, 3.63) is 59.2 Å². The molecule has 35 heavy (non-hydrogen) atoms. The highest BCUT2D eigenvalue weighted by Crippen LogP contribution is 2.32. The molecule has 5 rings (SSSR count). The fourth-order valence-electron chi connectivity index (χ4n) is 5.44. The molecular weight excluding hydrogens is 438 g/mol. The van der Waals surface area contributed by atoms with Crippen molar-refractivity contribution in [2.24, 2.45) is 10.4 Å². The van der Waals surface area contributed by atoms with Crippen LogP contribution in [0, 0.1) is 5.41 Å². The molecule has 0 saturated carbocycles. The number of amides is 3. The lowest BCUT2D eigenvalue weighted by atomic mass is 9.84. The van der Waals surface area contributed by atoms with Gasteiger partial charge in [-0.1, -0.05) is 38.1 Å². The normalized spacial score (nSPS) is 23.5. The predicted molar refractivity (Wildman–Crippen MR) is 140 cm³/mol. The number of benzodiazepines with no additional fused rings is 1. The molecule has 2 aromatic rings. The summed E-state index contributed by atoms with van der Waals surface area (Å²) in [5.74, 6) is -0.259. The Morgan fingerprint density at radius 2 is 1.91 bits per heavy atom. The van der Waals surface area contributed by atoms with Crippen LogP contribution in [0.3, 0.4) is 0 Å². The van der Waals surface area contributed by atoms with E-state index in [0.717, 1.165) is 67.7 Å². The molecule has 184 valence electrons. The van der Waals surface area contributed by atoms with Gasteiger partial charge in [0.25, 0.3) is 5.91 Å². The Kier molecular flexibility index (Phi) is 6.36. The van der Waals surface area contributed by atoms with Crippen LogP contribution in [0.4, 0.5) is 16.2 Å². The number of nitrogens with zero attached hydrogens (tertiary/aromatic N) is 2. The Balaban J connectivity index is 1.42. The van der Waals surface area contributed by atoms with Gasteiger partial charge in [0, 0.05) is 24.3 Å². The van der Waals surface area contributed by atoms with Crippen molar-refractivity contribution < 1.29 is 9.59 Å². The summed E-state index contributed by atoms with van der Waals surface area (Å²) in [5, 5.41) is 9.39. The fourth-order valence-corrected chi connectivity index (χ4v) is 5.44. The van der Waals surface area contributed by atoms with Gasteiger partial charge in [0.15, 0.2) is 0 Å². The molecule has 7 heteroatoms. The maximum absolute atomic E-state index is 13.4. The van der Waals surface area contributed by atoms with Crippen LogP contribution >= 0.6 is 0 Å². The molecule has 2 heterocycles. The molecular formula is C28H35N5O2. The van der Waals surface area contributed by atoms with E-state index in [0.29, 0.717) is 0 Å². The van der Waals surface area contributed by atoms with Crippen LogP contribution in [0.15, 0.2) is 47.5 Å². The number of anilines is 2. The zero-order valence-electron chi connectivity index (χ0n) is 20.9. The van der Waals surface area contributed by atoms with Gasteiger partial charge in [-0.15, -0.1) is 0 Å². The molecule has 1 aliphatic carbocycles. The molecule has 1 saturated heterocycles. The Hall–Kier alpha value is -3.19. The first-order valence-electron chi connectivity index (χ1n) is 12.7. The van der Waals surface area contributed by atoms with Crippen LogP contribution < -0.4 is 20.9 Å². The van der Waals surface area contributed by atoms with Gasteiger partial charge in [0.2, 0.25) is 6.17 Å². The summed E-state index contributed by atoms with van der Waals surface area (Å²) in [6.07, 6.45) is 5.35. The molecule has 2 unspecified atom stereocenters. The molecule has 0 bridgehead atoms. The van der Waals surface area contributed by atoms with E-state index >= 15 is 0 Å². The van der Waals surface area contributed by atoms with E-state index in [-0.39, 0.29) is 17.4 Å². The van der Waals surface area contributed by atoms with Crippen LogP contribution in [0.1, 0.15) is 56.2 Å². The second-order valence-electron chi connectivity index (χ2n) is 10.7. The van der Waals surface area contributed by atoms with Gasteiger partial charge in [-0.05, 0) is 79.8 Å². The van der Waals surface area contributed by atoms with Crippen LogP contribution in [0.25, 0.3) is 0 Å². The van der Waals surface area contributed by atoms with Crippen LogP contribution in [-0.2, 0) is 17.6 Å². The third-order valence-corrected chi connectivity index (χ3v) is 7.63. The van der Waals surface area contributed by atoms with Crippen molar-refractivity contribution in [3.8, 4) is 0 Å². The monoisotopic (exact) mass is 473 g/mol. The number of hydrogen-bond donors (Lipinski definition) is 3. The molecule has 0 spiro atoms. The van der Waals surface area contributed by atoms with Crippen molar-refractivity contribution in [1.29, 1.82) is 0 Å². The molecule has 0 aromatic heterocycles. The number of urea groups is 1. The number of benzene rings is 2. The molecule has 7 nitrogen and oxygen atoms in total. The molecule has 2 aromatic carbocycles. The van der Waals surface area contributed by atoms with E-state index in [9.17, 15) is 9.59 Å². The summed E-state index contributed by atoms with van der Waals surface area (Å²) in [6.45, 7) is 5.48. The van der Waals surface area contributed by atoms with Crippen molar-refractivity contribution in [1.82, 2.24) is 10.6 Å². The minimum absolute atomic E-state index is 0.0151. The lowest BCUT2D eigenvalue weighted by molar-refractivity contribution is -0.119. The minimum Gasteiger partial charge on any atom is -0.311 e. The Morgan fingerprint density at radius 1 is 1.11 bits per heavy atom. The van der Waals surface area contributed by atoms with E-state index in [2.05, 4.69) is 35.9 Å². The summed E-state index contributed by atoms with van der Waals surface area (Å²) in [4.78, 5) is 32.9.